The first-order valence-corrected chi connectivity index (χ1v) is 7.92. The molecule has 0 radical (unpaired) electrons. The van der Waals surface area contributed by atoms with Crippen molar-refractivity contribution >= 4 is 28.9 Å². The van der Waals surface area contributed by atoms with Gasteiger partial charge in [0.15, 0.2) is 0 Å². The molecule has 0 aromatic heterocycles. The fourth-order valence-corrected chi connectivity index (χ4v) is 3.19. The summed E-state index contributed by atoms with van der Waals surface area (Å²) in [5.74, 6) is -0.838. The Bertz CT molecular complexity index is 956. The van der Waals surface area contributed by atoms with E-state index in [0.29, 0.717) is 17.0 Å². The van der Waals surface area contributed by atoms with E-state index in [1.54, 1.807) is 42.5 Å². The van der Waals surface area contributed by atoms with Gasteiger partial charge in [-0.05, 0) is 12.1 Å². The van der Waals surface area contributed by atoms with Gasteiger partial charge in [0.2, 0.25) is 11.5 Å². The number of carbonyl (C=O) groups is 2. The molecule has 0 N–H and O–H groups in total. The molecule has 1 atom stereocenters. The summed E-state index contributed by atoms with van der Waals surface area (Å²) in [4.78, 5) is 42.3. The highest BCUT2D eigenvalue weighted by atomic mass is 16.7. The number of hydrogen-bond donors (Lipinski definition) is 0. The molecule has 2 heterocycles. The van der Waals surface area contributed by atoms with Crippen LogP contribution in [0.2, 0.25) is 0 Å². The van der Waals surface area contributed by atoms with E-state index in [1.807, 2.05) is 0 Å². The van der Waals surface area contributed by atoms with Crippen LogP contribution in [0.15, 0.2) is 59.8 Å². The minimum atomic E-state index is -1.38. The molecule has 2 aliphatic heterocycles. The average molecular weight is 351 g/mol. The lowest BCUT2D eigenvalue weighted by atomic mass is 9.92. The van der Waals surface area contributed by atoms with Crippen LogP contribution >= 0.6 is 0 Å². The van der Waals surface area contributed by atoms with Crippen LogP contribution < -0.4 is 4.90 Å². The van der Waals surface area contributed by atoms with E-state index in [2.05, 4.69) is 5.16 Å². The number of non-ortho nitro benzene ring substituents is 1. The number of imide groups is 1. The number of nitro benzene ring substituents is 1. The Morgan fingerprint density at radius 1 is 1.08 bits per heavy atom. The molecule has 2 aliphatic rings. The molecule has 8 nitrogen and oxygen atoms in total. The standard InChI is InChI=1S/C18H13N3O5/c22-16-11-18(17(23)20(16)13-6-2-1-3-7-13)10-15(19-26-18)12-5-4-8-14(9-12)21(24)25/h1-9H,10-11H2. The Hall–Kier alpha value is -3.55. The van der Waals surface area contributed by atoms with Gasteiger partial charge in [0.05, 0.1) is 22.7 Å². The number of para-hydroxylation sites is 1. The van der Waals surface area contributed by atoms with Gasteiger partial charge in [-0.1, -0.05) is 35.5 Å². The summed E-state index contributed by atoms with van der Waals surface area (Å²) >= 11 is 0. The minimum absolute atomic E-state index is 0.0779. The van der Waals surface area contributed by atoms with E-state index < -0.39 is 16.4 Å². The minimum Gasteiger partial charge on any atom is -0.378 e. The topological polar surface area (TPSA) is 102 Å². The maximum absolute atomic E-state index is 12.9. The Morgan fingerprint density at radius 3 is 2.58 bits per heavy atom. The fraction of sp³-hybridized carbons (Fsp3) is 0.167. The van der Waals surface area contributed by atoms with Gasteiger partial charge < -0.3 is 4.84 Å². The maximum Gasteiger partial charge on any atom is 0.281 e. The predicted octanol–water partition coefficient (Wildman–Crippen LogP) is 2.42. The molecule has 8 heteroatoms. The Balaban J connectivity index is 1.61. The second kappa shape index (κ2) is 5.76. The van der Waals surface area contributed by atoms with E-state index in [1.165, 1.54) is 12.1 Å². The third-order valence-corrected chi connectivity index (χ3v) is 4.47. The zero-order valence-electron chi connectivity index (χ0n) is 13.5. The van der Waals surface area contributed by atoms with Crippen LogP contribution in [-0.4, -0.2) is 28.1 Å². The van der Waals surface area contributed by atoms with Crippen molar-refractivity contribution in [2.45, 2.75) is 18.4 Å². The molecule has 1 saturated heterocycles. The fourth-order valence-electron chi connectivity index (χ4n) is 3.19. The number of oxime groups is 1. The summed E-state index contributed by atoms with van der Waals surface area (Å²) in [6, 6.07) is 14.6. The molecular formula is C18H13N3O5. The lowest BCUT2D eigenvalue weighted by molar-refractivity contribution is -0.384. The molecule has 26 heavy (non-hydrogen) atoms. The molecule has 0 bridgehead atoms. The van der Waals surface area contributed by atoms with E-state index in [-0.39, 0.29) is 24.4 Å². The Morgan fingerprint density at radius 2 is 1.85 bits per heavy atom. The van der Waals surface area contributed by atoms with Crippen molar-refractivity contribution in [2.75, 3.05) is 4.90 Å². The number of rotatable bonds is 3. The molecule has 2 aromatic rings. The second-order valence-corrected chi connectivity index (χ2v) is 6.15. The van der Waals surface area contributed by atoms with Crippen LogP contribution in [0.4, 0.5) is 11.4 Å². The van der Waals surface area contributed by atoms with Crippen LogP contribution in [-0.2, 0) is 14.4 Å². The molecule has 0 saturated carbocycles. The van der Waals surface area contributed by atoms with Gasteiger partial charge >= 0.3 is 0 Å². The normalized spacial score (nSPS) is 21.8. The largest absolute Gasteiger partial charge is 0.378 e. The molecular weight excluding hydrogens is 338 g/mol. The predicted molar refractivity (Wildman–Crippen MR) is 91.6 cm³/mol. The Labute approximate surface area is 147 Å². The van der Waals surface area contributed by atoms with Crippen molar-refractivity contribution in [1.29, 1.82) is 0 Å². The maximum atomic E-state index is 12.9. The molecule has 0 aliphatic carbocycles. The summed E-state index contributed by atoms with van der Waals surface area (Å²) in [5, 5.41) is 14.9. The summed E-state index contributed by atoms with van der Waals surface area (Å²) in [6.07, 6.45) is -0.0370. The smallest absolute Gasteiger partial charge is 0.281 e. The summed E-state index contributed by atoms with van der Waals surface area (Å²) < 4.78 is 0. The SMILES string of the molecule is O=C1CC2(CC(c3cccc([N+](=O)[O-])c3)=NO2)C(=O)N1c1ccccc1. The molecule has 4 rings (SSSR count). The first-order valence-electron chi connectivity index (χ1n) is 7.92. The van der Waals surface area contributed by atoms with Crippen molar-refractivity contribution in [3.05, 3.63) is 70.3 Å². The summed E-state index contributed by atoms with van der Waals surface area (Å²) in [5.41, 5.74) is -0.0794. The average Bonchev–Trinajstić information content (AvgIpc) is 3.18. The second-order valence-electron chi connectivity index (χ2n) is 6.15. The third-order valence-electron chi connectivity index (χ3n) is 4.47. The molecule has 1 unspecified atom stereocenters. The number of nitrogens with zero attached hydrogens (tertiary/aromatic N) is 3. The zero-order chi connectivity index (χ0) is 18.3. The van der Waals surface area contributed by atoms with Crippen LogP contribution in [0.1, 0.15) is 18.4 Å². The first kappa shape index (κ1) is 15.9. The van der Waals surface area contributed by atoms with Gasteiger partial charge in [0.25, 0.3) is 11.6 Å². The highest BCUT2D eigenvalue weighted by Crippen LogP contribution is 2.39. The number of hydrogen-bond acceptors (Lipinski definition) is 6. The highest BCUT2D eigenvalue weighted by molar-refractivity contribution is 6.25. The number of amides is 2. The van der Waals surface area contributed by atoms with Gasteiger partial charge in [-0.2, -0.15) is 0 Å². The van der Waals surface area contributed by atoms with Crippen molar-refractivity contribution in [3.63, 3.8) is 0 Å². The first-order chi connectivity index (χ1) is 12.5. The number of carbonyl (C=O) groups excluding carboxylic acids is 2. The Kier molecular flexibility index (Phi) is 3.54. The van der Waals surface area contributed by atoms with E-state index >= 15 is 0 Å². The van der Waals surface area contributed by atoms with Gasteiger partial charge in [0, 0.05) is 24.1 Å². The third kappa shape index (κ3) is 2.43. The van der Waals surface area contributed by atoms with Crippen molar-refractivity contribution in [2.24, 2.45) is 5.16 Å². The van der Waals surface area contributed by atoms with Crippen LogP contribution in [0, 0.1) is 10.1 Å². The van der Waals surface area contributed by atoms with Crippen LogP contribution in [0.5, 0.6) is 0 Å². The summed E-state index contributed by atoms with van der Waals surface area (Å²) in [7, 11) is 0. The van der Waals surface area contributed by atoms with Crippen LogP contribution in [0.3, 0.4) is 0 Å². The molecule has 1 fully saturated rings. The summed E-state index contributed by atoms with van der Waals surface area (Å²) in [6.45, 7) is 0. The quantitative estimate of drug-likeness (QED) is 0.480. The number of benzene rings is 2. The molecule has 1 spiro atoms. The number of nitro groups is 1. The van der Waals surface area contributed by atoms with Gasteiger partial charge in [0.1, 0.15) is 0 Å². The van der Waals surface area contributed by atoms with Gasteiger partial charge in [-0.3, -0.25) is 19.7 Å². The molecule has 2 amide bonds. The lowest BCUT2D eigenvalue weighted by Crippen LogP contribution is -2.40. The van der Waals surface area contributed by atoms with Crippen molar-refractivity contribution < 1.29 is 19.3 Å². The zero-order valence-corrected chi connectivity index (χ0v) is 13.5. The van der Waals surface area contributed by atoms with Crippen molar-refractivity contribution in [3.8, 4) is 0 Å². The highest BCUT2D eigenvalue weighted by Gasteiger charge is 2.58. The molecule has 130 valence electrons. The number of anilines is 1. The van der Waals surface area contributed by atoms with E-state index in [9.17, 15) is 19.7 Å². The van der Waals surface area contributed by atoms with Gasteiger partial charge in [-0.25, -0.2) is 4.90 Å². The monoisotopic (exact) mass is 351 g/mol. The molecule has 2 aromatic carbocycles. The van der Waals surface area contributed by atoms with Crippen molar-refractivity contribution in [1.82, 2.24) is 0 Å². The van der Waals surface area contributed by atoms with E-state index in [0.717, 1.165) is 4.90 Å². The van der Waals surface area contributed by atoms with Crippen LogP contribution in [0.25, 0.3) is 0 Å². The lowest BCUT2D eigenvalue weighted by Gasteiger charge is -2.19. The van der Waals surface area contributed by atoms with E-state index in [4.69, 9.17) is 4.84 Å². The van der Waals surface area contributed by atoms with Gasteiger partial charge in [-0.15, -0.1) is 0 Å².